The molecule has 0 radical (unpaired) electrons. The molecule has 0 amide bonds. The molecule has 1 aromatic rings. The van der Waals surface area contributed by atoms with Gasteiger partial charge in [-0.25, -0.2) is 4.98 Å². The van der Waals surface area contributed by atoms with E-state index in [1.54, 1.807) is 19.4 Å². The fourth-order valence-corrected chi connectivity index (χ4v) is 3.45. The van der Waals surface area contributed by atoms with Gasteiger partial charge in [0.15, 0.2) is 5.79 Å². The number of oxime groups is 1. The van der Waals surface area contributed by atoms with Crippen molar-refractivity contribution in [3.05, 3.63) is 23.9 Å². The lowest BCUT2D eigenvalue weighted by Crippen LogP contribution is -2.43. The summed E-state index contributed by atoms with van der Waals surface area (Å²) in [6.07, 6.45) is 5.91. The Morgan fingerprint density at radius 2 is 1.88 bits per heavy atom. The molecule has 2 spiro atoms. The maximum atomic E-state index is 5.77. The number of hydrogen-bond donors (Lipinski definition) is 0. The van der Waals surface area contributed by atoms with Crippen molar-refractivity contribution in [1.82, 2.24) is 4.98 Å². The van der Waals surface area contributed by atoms with E-state index in [0.717, 1.165) is 43.4 Å². The maximum Gasteiger partial charge on any atom is 0.212 e. The molecule has 0 atom stereocenters. The third-order valence-corrected chi connectivity index (χ3v) is 4.87. The SMILES string of the molecule is COc1ccc(C#CC2=NOC3(CCC4(CC3)OCCO4)C2)cn1. The van der Waals surface area contributed by atoms with Gasteiger partial charge in [-0.15, -0.1) is 0 Å². The third-order valence-electron chi connectivity index (χ3n) is 4.87. The zero-order chi connectivity index (χ0) is 16.5. The average molecular weight is 328 g/mol. The van der Waals surface area contributed by atoms with Gasteiger partial charge in [-0.2, -0.15) is 0 Å². The molecule has 3 heterocycles. The van der Waals surface area contributed by atoms with Gasteiger partial charge < -0.3 is 19.0 Å². The minimum atomic E-state index is -0.377. The highest BCUT2D eigenvalue weighted by Gasteiger charge is 2.50. The number of nitrogens with zero attached hydrogens (tertiary/aromatic N) is 2. The van der Waals surface area contributed by atoms with Gasteiger partial charge in [0.1, 0.15) is 11.3 Å². The van der Waals surface area contributed by atoms with E-state index >= 15 is 0 Å². The number of methoxy groups -OCH3 is 1. The van der Waals surface area contributed by atoms with Crippen LogP contribution in [-0.2, 0) is 14.3 Å². The predicted octanol–water partition coefficient (Wildman–Crippen LogP) is 2.27. The molecule has 1 aliphatic carbocycles. The number of hydrogen-bond acceptors (Lipinski definition) is 6. The van der Waals surface area contributed by atoms with E-state index in [-0.39, 0.29) is 11.4 Å². The molecule has 1 saturated carbocycles. The van der Waals surface area contributed by atoms with Crippen LogP contribution in [0.15, 0.2) is 23.5 Å². The van der Waals surface area contributed by atoms with E-state index in [4.69, 9.17) is 19.0 Å². The minimum Gasteiger partial charge on any atom is -0.481 e. The second-order valence-electron chi connectivity index (χ2n) is 6.44. The first-order valence-corrected chi connectivity index (χ1v) is 8.26. The van der Waals surface area contributed by atoms with Crippen molar-refractivity contribution >= 4 is 5.71 Å². The summed E-state index contributed by atoms with van der Waals surface area (Å²) in [5.41, 5.74) is 1.38. The molecule has 6 nitrogen and oxygen atoms in total. The van der Waals surface area contributed by atoms with Gasteiger partial charge in [0.25, 0.3) is 0 Å². The van der Waals surface area contributed by atoms with Crippen molar-refractivity contribution in [1.29, 1.82) is 0 Å². The molecule has 24 heavy (non-hydrogen) atoms. The quantitative estimate of drug-likeness (QED) is 0.740. The zero-order valence-corrected chi connectivity index (χ0v) is 13.7. The van der Waals surface area contributed by atoms with E-state index < -0.39 is 0 Å². The van der Waals surface area contributed by atoms with Gasteiger partial charge >= 0.3 is 0 Å². The smallest absolute Gasteiger partial charge is 0.212 e. The van der Waals surface area contributed by atoms with Gasteiger partial charge in [0.2, 0.25) is 5.88 Å². The second kappa shape index (κ2) is 6.08. The summed E-state index contributed by atoms with van der Waals surface area (Å²) in [4.78, 5) is 9.90. The van der Waals surface area contributed by atoms with Crippen LogP contribution in [0.4, 0.5) is 0 Å². The van der Waals surface area contributed by atoms with Gasteiger partial charge in [-0.1, -0.05) is 11.1 Å². The Balaban J connectivity index is 1.37. The van der Waals surface area contributed by atoms with Crippen LogP contribution in [0, 0.1) is 11.8 Å². The van der Waals surface area contributed by atoms with Crippen LogP contribution in [0.5, 0.6) is 5.88 Å². The largest absolute Gasteiger partial charge is 0.481 e. The van der Waals surface area contributed by atoms with Crippen molar-refractivity contribution in [3.8, 4) is 17.7 Å². The zero-order valence-electron chi connectivity index (χ0n) is 13.7. The van der Waals surface area contributed by atoms with E-state index in [2.05, 4.69) is 22.0 Å². The first kappa shape index (κ1) is 15.4. The van der Waals surface area contributed by atoms with Crippen molar-refractivity contribution in [2.45, 2.75) is 43.5 Å². The second-order valence-corrected chi connectivity index (χ2v) is 6.44. The van der Waals surface area contributed by atoms with Crippen LogP contribution in [0.1, 0.15) is 37.7 Å². The Kier molecular flexibility index (Phi) is 3.91. The molecule has 2 aliphatic heterocycles. The molecule has 3 aliphatic rings. The van der Waals surface area contributed by atoms with E-state index in [9.17, 15) is 0 Å². The van der Waals surface area contributed by atoms with Crippen LogP contribution in [0.25, 0.3) is 0 Å². The molecule has 1 saturated heterocycles. The maximum absolute atomic E-state index is 5.77. The summed E-state index contributed by atoms with van der Waals surface area (Å²) in [5, 5.41) is 4.19. The van der Waals surface area contributed by atoms with E-state index in [1.807, 2.05) is 6.07 Å². The molecule has 6 heteroatoms. The van der Waals surface area contributed by atoms with E-state index in [1.165, 1.54) is 0 Å². The van der Waals surface area contributed by atoms with Gasteiger partial charge in [-0.3, -0.25) is 0 Å². The lowest BCUT2D eigenvalue weighted by Gasteiger charge is -2.39. The number of pyridine rings is 1. The Hall–Kier alpha value is -2.10. The summed E-state index contributed by atoms with van der Waals surface area (Å²) in [6.45, 7) is 1.38. The van der Waals surface area contributed by atoms with Crippen molar-refractivity contribution in [2.75, 3.05) is 20.3 Å². The summed E-state index contributed by atoms with van der Waals surface area (Å²) >= 11 is 0. The fourth-order valence-electron chi connectivity index (χ4n) is 3.45. The molecule has 0 unspecified atom stereocenters. The first-order chi connectivity index (χ1) is 11.7. The van der Waals surface area contributed by atoms with Crippen LogP contribution < -0.4 is 4.74 Å². The van der Waals surface area contributed by atoms with Gasteiger partial charge in [0, 0.05) is 37.1 Å². The highest BCUT2D eigenvalue weighted by Crippen LogP contribution is 2.45. The Labute approximate surface area is 141 Å². The summed E-state index contributed by atoms with van der Waals surface area (Å²) in [6, 6.07) is 3.67. The van der Waals surface area contributed by atoms with Crippen LogP contribution >= 0.6 is 0 Å². The normalized spacial score (nSPS) is 23.5. The lowest BCUT2D eigenvalue weighted by atomic mass is 9.78. The van der Waals surface area contributed by atoms with Gasteiger partial charge in [-0.05, 0) is 24.8 Å². The average Bonchev–Trinajstić information content (AvgIpc) is 3.25. The summed E-state index contributed by atoms with van der Waals surface area (Å²) in [7, 11) is 1.59. The Bertz CT molecular complexity index is 686. The Morgan fingerprint density at radius 1 is 1.08 bits per heavy atom. The molecule has 0 aromatic carbocycles. The van der Waals surface area contributed by atoms with E-state index in [0.29, 0.717) is 19.1 Å². The third kappa shape index (κ3) is 2.97. The molecule has 2 fully saturated rings. The molecular weight excluding hydrogens is 308 g/mol. The predicted molar refractivity (Wildman–Crippen MR) is 86.6 cm³/mol. The highest BCUT2D eigenvalue weighted by atomic mass is 16.7. The topological polar surface area (TPSA) is 62.2 Å². The highest BCUT2D eigenvalue weighted by molar-refractivity contribution is 6.01. The number of ether oxygens (including phenoxy) is 3. The standard InChI is InChI=1S/C18H20N2O4/c1-21-16-5-3-14(13-19-16)2-4-15-12-17(24-20-15)6-8-18(9-7-17)22-10-11-23-18/h3,5,13H,6-12H2,1H3. The van der Waals surface area contributed by atoms with Crippen LogP contribution in [0.2, 0.25) is 0 Å². The van der Waals surface area contributed by atoms with Crippen molar-refractivity contribution < 1.29 is 19.0 Å². The van der Waals surface area contributed by atoms with Crippen LogP contribution in [-0.4, -0.2) is 42.4 Å². The number of rotatable bonds is 1. The Morgan fingerprint density at radius 3 is 2.54 bits per heavy atom. The number of aromatic nitrogens is 1. The van der Waals surface area contributed by atoms with Crippen LogP contribution in [0.3, 0.4) is 0 Å². The minimum absolute atomic E-state index is 0.233. The fraction of sp³-hybridized carbons (Fsp3) is 0.556. The first-order valence-electron chi connectivity index (χ1n) is 8.26. The lowest BCUT2D eigenvalue weighted by molar-refractivity contribution is -0.206. The molecule has 4 rings (SSSR count). The summed E-state index contributed by atoms with van der Waals surface area (Å²) < 4.78 is 16.6. The monoisotopic (exact) mass is 328 g/mol. The molecular formula is C18H20N2O4. The van der Waals surface area contributed by atoms with Crippen molar-refractivity contribution in [2.24, 2.45) is 5.16 Å². The molecule has 1 aromatic heterocycles. The summed E-state index contributed by atoms with van der Waals surface area (Å²) in [5.74, 6) is 6.38. The molecule has 0 N–H and O–H groups in total. The molecule has 0 bridgehead atoms. The molecule has 126 valence electrons. The van der Waals surface area contributed by atoms with Crippen molar-refractivity contribution in [3.63, 3.8) is 0 Å². The van der Waals surface area contributed by atoms with Gasteiger partial charge in [0.05, 0.1) is 20.3 Å².